The van der Waals surface area contributed by atoms with Gasteiger partial charge >= 0.3 is 0 Å². The molecular weight excluding hydrogens is 286 g/mol. The molecule has 0 saturated carbocycles. The molecule has 1 aliphatic heterocycles. The van der Waals surface area contributed by atoms with Gasteiger partial charge in [0.2, 0.25) is 0 Å². The molecule has 1 saturated heterocycles. The van der Waals surface area contributed by atoms with Crippen molar-refractivity contribution in [2.24, 2.45) is 5.92 Å². The fourth-order valence-corrected chi connectivity index (χ4v) is 3.04. The third-order valence-corrected chi connectivity index (χ3v) is 4.63. The molecule has 2 heterocycles. The maximum atomic E-state index is 12.7. The number of fused-ring (bicyclic) bond motifs is 1. The van der Waals surface area contributed by atoms with E-state index in [0.29, 0.717) is 17.4 Å². The Bertz CT molecular complexity index is 720. The minimum atomic E-state index is -0.00870. The van der Waals surface area contributed by atoms with Gasteiger partial charge in [-0.25, -0.2) is 0 Å². The summed E-state index contributed by atoms with van der Waals surface area (Å²) in [7, 11) is 0. The van der Waals surface area contributed by atoms with Crippen molar-refractivity contribution in [1.29, 1.82) is 0 Å². The van der Waals surface area contributed by atoms with Crippen LogP contribution in [0.4, 0.5) is 0 Å². The molecule has 0 aliphatic carbocycles. The first kappa shape index (κ1) is 15.9. The molecule has 2 aromatic rings. The van der Waals surface area contributed by atoms with E-state index in [1.54, 1.807) is 0 Å². The topological polar surface area (TPSA) is 54.0 Å². The molecule has 0 radical (unpaired) electrons. The van der Waals surface area contributed by atoms with Crippen molar-refractivity contribution in [3.05, 3.63) is 41.1 Å². The van der Waals surface area contributed by atoms with E-state index in [4.69, 9.17) is 0 Å². The Morgan fingerprint density at radius 1 is 1.39 bits per heavy atom. The van der Waals surface area contributed by atoms with E-state index in [2.05, 4.69) is 48.5 Å². The number of aryl methyl sites for hydroxylation is 1. The molecule has 0 unspecified atom stereocenters. The van der Waals surface area contributed by atoms with E-state index in [1.807, 2.05) is 12.3 Å². The summed E-state index contributed by atoms with van der Waals surface area (Å²) in [6.45, 7) is 9.19. The average molecular weight is 311 g/mol. The molecule has 0 bridgehead atoms. The second-order valence-electron chi connectivity index (χ2n) is 6.68. The standard InChI is InChI=1S/C19H25N3O/c1-4-13-7-16-15(12(2)3)5-6-21-18(16)17(8-13)19(23)22-11-14-9-20-10-14/h5-8,12,14,20H,4,9-11H2,1-3H3,(H,22,23). The molecule has 4 nitrogen and oxygen atoms in total. The molecule has 1 aromatic carbocycles. The lowest BCUT2D eigenvalue weighted by atomic mass is 9.94. The summed E-state index contributed by atoms with van der Waals surface area (Å²) < 4.78 is 0. The van der Waals surface area contributed by atoms with Crippen molar-refractivity contribution in [3.63, 3.8) is 0 Å². The van der Waals surface area contributed by atoms with Gasteiger partial charge in [0.1, 0.15) is 0 Å². The summed E-state index contributed by atoms with van der Waals surface area (Å²) in [5, 5.41) is 7.41. The first-order valence-electron chi connectivity index (χ1n) is 8.50. The summed E-state index contributed by atoms with van der Waals surface area (Å²) in [5.74, 6) is 0.953. The number of rotatable bonds is 5. The molecule has 3 rings (SSSR count). The molecular formula is C19H25N3O. The Kier molecular flexibility index (Phi) is 4.62. The normalized spacial score (nSPS) is 15.0. The molecule has 1 aliphatic rings. The van der Waals surface area contributed by atoms with Crippen molar-refractivity contribution in [2.75, 3.05) is 19.6 Å². The van der Waals surface area contributed by atoms with Crippen LogP contribution < -0.4 is 10.6 Å². The highest BCUT2D eigenvalue weighted by Crippen LogP contribution is 2.27. The third kappa shape index (κ3) is 3.22. The van der Waals surface area contributed by atoms with E-state index in [1.165, 1.54) is 11.1 Å². The van der Waals surface area contributed by atoms with Gasteiger partial charge in [0, 0.05) is 37.1 Å². The summed E-state index contributed by atoms with van der Waals surface area (Å²) >= 11 is 0. The lowest BCUT2D eigenvalue weighted by Crippen LogP contribution is -2.48. The second kappa shape index (κ2) is 6.67. The van der Waals surface area contributed by atoms with Gasteiger partial charge in [-0.15, -0.1) is 0 Å². The van der Waals surface area contributed by atoms with Crippen LogP contribution in [0.3, 0.4) is 0 Å². The zero-order chi connectivity index (χ0) is 16.4. The summed E-state index contributed by atoms with van der Waals surface area (Å²) in [4.78, 5) is 17.2. The first-order chi connectivity index (χ1) is 11.1. The Hall–Kier alpha value is -1.94. The Morgan fingerprint density at radius 3 is 2.78 bits per heavy atom. The molecule has 1 aromatic heterocycles. The molecule has 1 amide bonds. The zero-order valence-corrected chi connectivity index (χ0v) is 14.1. The highest BCUT2D eigenvalue weighted by molar-refractivity contribution is 6.06. The number of nitrogens with zero attached hydrogens (tertiary/aromatic N) is 1. The van der Waals surface area contributed by atoms with Crippen LogP contribution in [0.5, 0.6) is 0 Å². The Balaban J connectivity index is 2.00. The van der Waals surface area contributed by atoms with Gasteiger partial charge in [-0.3, -0.25) is 9.78 Å². The lowest BCUT2D eigenvalue weighted by Gasteiger charge is -2.27. The molecule has 0 spiro atoms. The second-order valence-corrected chi connectivity index (χ2v) is 6.68. The maximum absolute atomic E-state index is 12.7. The predicted octanol–water partition coefficient (Wildman–Crippen LogP) is 2.87. The van der Waals surface area contributed by atoms with Crippen molar-refractivity contribution < 1.29 is 4.79 Å². The van der Waals surface area contributed by atoms with Gasteiger partial charge in [0.05, 0.1) is 11.1 Å². The third-order valence-electron chi connectivity index (χ3n) is 4.63. The van der Waals surface area contributed by atoms with E-state index in [0.717, 1.165) is 37.0 Å². The van der Waals surface area contributed by atoms with Crippen LogP contribution in [-0.4, -0.2) is 30.5 Å². The molecule has 23 heavy (non-hydrogen) atoms. The highest BCUT2D eigenvalue weighted by Gasteiger charge is 2.20. The number of hydrogen-bond acceptors (Lipinski definition) is 3. The summed E-state index contributed by atoms with van der Waals surface area (Å²) in [6.07, 6.45) is 2.73. The number of carbonyl (C=O) groups is 1. The van der Waals surface area contributed by atoms with Gasteiger partial charge in [-0.05, 0) is 41.7 Å². The summed E-state index contributed by atoms with van der Waals surface area (Å²) in [5.41, 5.74) is 3.96. The Morgan fingerprint density at radius 2 is 2.17 bits per heavy atom. The van der Waals surface area contributed by atoms with Gasteiger partial charge in [-0.1, -0.05) is 20.8 Å². The first-order valence-corrected chi connectivity index (χ1v) is 8.50. The average Bonchev–Trinajstić information content (AvgIpc) is 2.51. The monoisotopic (exact) mass is 311 g/mol. The van der Waals surface area contributed by atoms with Crippen LogP contribution in [0.25, 0.3) is 10.9 Å². The minimum absolute atomic E-state index is 0.00870. The zero-order valence-electron chi connectivity index (χ0n) is 14.1. The fourth-order valence-electron chi connectivity index (χ4n) is 3.04. The molecule has 0 atom stereocenters. The molecule has 1 fully saturated rings. The smallest absolute Gasteiger partial charge is 0.253 e. The predicted molar refractivity (Wildman–Crippen MR) is 93.9 cm³/mol. The number of pyridine rings is 1. The minimum Gasteiger partial charge on any atom is -0.352 e. The van der Waals surface area contributed by atoms with Gasteiger partial charge in [0.15, 0.2) is 0 Å². The fraction of sp³-hybridized carbons (Fsp3) is 0.474. The van der Waals surface area contributed by atoms with Crippen LogP contribution in [0.15, 0.2) is 24.4 Å². The number of benzene rings is 1. The number of carbonyl (C=O) groups excluding carboxylic acids is 1. The molecule has 122 valence electrons. The number of amides is 1. The van der Waals surface area contributed by atoms with Crippen LogP contribution in [0, 0.1) is 5.92 Å². The summed E-state index contributed by atoms with van der Waals surface area (Å²) in [6, 6.07) is 6.24. The Labute approximate surface area is 137 Å². The van der Waals surface area contributed by atoms with E-state index >= 15 is 0 Å². The van der Waals surface area contributed by atoms with E-state index in [9.17, 15) is 4.79 Å². The number of nitrogens with one attached hydrogen (secondary N) is 2. The molecule has 4 heteroatoms. The lowest BCUT2D eigenvalue weighted by molar-refractivity contribution is 0.0943. The van der Waals surface area contributed by atoms with Crippen molar-refractivity contribution in [1.82, 2.24) is 15.6 Å². The maximum Gasteiger partial charge on any atom is 0.253 e. The van der Waals surface area contributed by atoms with E-state index in [-0.39, 0.29) is 5.91 Å². The van der Waals surface area contributed by atoms with Crippen LogP contribution in [0.1, 0.15) is 48.2 Å². The van der Waals surface area contributed by atoms with E-state index < -0.39 is 0 Å². The largest absolute Gasteiger partial charge is 0.352 e. The van der Waals surface area contributed by atoms with Crippen molar-refractivity contribution >= 4 is 16.8 Å². The number of hydrogen-bond donors (Lipinski definition) is 2. The SMILES string of the molecule is CCc1cc(C(=O)NCC2CNC2)c2nccc(C(C)C)c2c1. The van der Waals surface area contributed by atoms with Gasteiger partial charge < -0.3 is 10.6 Å². The highest BCUT2D eigenvalue weighted by atomic mass is 16.1. The van der Waals surface area contributed by atoms with Crippen LogP contribution in [0.2, 0.25) is 0 Å². The quantitative estimate of drug-likeness (QED) is 0.893. The van der Waals surface area contributed by atoms with Gasteiger partial charge in [-0.2, -0.15) is 0 Å². The van der Waals surface area contributed by atoms with Crippen molar-refractivity contribution in [2.45, 2.75) is 33.1 Å². The number of aromatic nitrogens is 1. The van der Waals surface area contributed by atoms with Crippen LogP contribution >= 0.6 is 0 Å². The van der Waals surface area contributed by atoms with Gasteiger partial charge in [0.25, 0.3) is 5.91 Å². The molecule has 2 N–H and O–H groups in total. The van der Waals surface area contributed by atoms with Crippen molar-refractivity contribution in [3.8, 4) is 0 Å². The van der Waals surface area contributed by atoms with Crippen LogP contribution in [-0.2, 0) is 6.42 Å².